The Morgan fingerprint density at radius 2 is 0.900 bits per heavy atom. The van der Waals surface area contributed by atoms with Crippen LogP contribution in [0.15, 0.2) is 109 Å². The summed E-state index contributed by atoms with van der Waals surface area (Å²) in [5, 5.41) is 23.6. The van der Waals surface area contributed by atoms with Gasteiger partial charge < -0.3 is 20.3 Å². The maximum Gasteiger partial charge on any atom is 0.306 e. The number of amides is 1. The summed E-state index contributed by atoms with van der Waals surface area (Å²) in [5.74, 6) is -0.626. The molecule has 0 aliphatic rings. The molecule has 0 aromatic heterocycles. The monoisotopic (exact) mass is 832 g/mol. The fraction of sp³-hybridized carbons (Fsp3) is 0.630. The molecule has 0 aromatic carbocycles. The van der Waals surface area contributed by atoms with Gasteiger partial charge in [0.2, 0.25) is 5.91 Å². The molecule has 0 saturated carbocycles. The van der Waals surface area contributed by atoms with Crippen LogP contribution in [0.4, 0.5) is 0 Å². The van der Waals surface area contributed by atoms with Crippen LogP contribution in [0, 0.1) is 0 Å². The van der Waals surface area contributed by atoms with Crippen molar-refractivity contribution in [1.29, 1.82) is 0 Å². The second kappa shape index (κ2) is 46.6. The summed E-state index contributed by atoms with van der Waals surface area (Å²) in [7, 11) is 0. The van der Waals surface area contributed by atoms with Gasteiger partial charge in [0.25, 0.3) is 0 Å². The summed E-state index contributed by atoms with van der Waals surface area (Å²) in [5.41, 5.74) is 0. The Morgan fingerprint density at radius 1 is 0.500 bits per heavy atom. The number of nitrogens with one attached hydrogen (secondary N) is 1. The van der Waals surface area contributed by atoms with Crippen molar-refractivity contribution in [2.45, 2.75) is 212 Å². The molecule has 0 aromatic rings. The van der Waals surface area contributed by atoms with E-state index in [1.165, 1.54) is 44.9 Å². The van der Waals surface area contributed by atoms with Crippen molar-refractivity contribution in [3.63, 3.8) is 0 Å². The van der Waals surface area contributed by atoms with Crippen molar-refractivity contribution < 1.29 is 24.5 Å². The average molecular weight is 832 g/mol. The third kappa shape index (κ3) is 41.3. The van der Waals surface area contributed by atoms with Crippen LogP contribution >= 0.6 is 0 Å². The van der Waals surface area contributed by atoms with Gasteiger partial charge in [-0.2, -0.15) is 0 Å². The van der Waals surface area contributed by atoms with E-state index < -0.39 is 18.2 Å². The number of ether oxygens (including phenoxy) is 1. The Kier molecular flexibility index (Phi) is 43.9. The van der Waals surface area contributed by atoms with E-state index in [1.54, 1.807) is 0 Å². The van der Waals surface area contributed by atoms with E-state index in [-0.39, 0.29) is 31.3 Å². The van der Waals surface area contributed by atoms with Gasteiger partial charge in [-0.1, -0.05) is 194 Å². The van der Waals surface area contributed by atoms with Gasteiger partial charge in [-0.25, -0.2) is 0 Å². The molecule has 0 aliphatic carbocycles. The molecule has 6 nitrogen and oxygen atoms in total. The molecule has 340 valence electrons. The smallest absolute Gasteiger partial charge is 0.306 e. The number of aliphatic hydroxyl groups excluding tert-OH is 2. The Balaban J connectivity index is 4.76. The number of aliphatic hydroxyl groups is 2. The van der Waals surface area contributed by atoms with E-state index in [1.807, 2.05) is 6.08 Å². The first kappa shape index (κ1) is 56.5. The first-order valence-corrected chi connectivity index (χ1v) is 24.1. The SMILES string of the molecule is CC/C=C\C/C=C\C/C=C\C/C=C\C/C=C\C/C=C\CCC(=O)OC(CCCC/C=C/C/C=C/C/C=C/CC)CC(=O)NC(CO)C(O)CCCCCCCCCCCC. The third-order valence-corrected chi connectivity index (χ3v) is 10.1. The van der Waals surface area contributed by atoms with Crippen LogP contribution in [0.25, 0.3) is 0 Å². The predicted molar refractivity (Wildman–Crippen MR) is 259 cm³/mol. The minimum Gasteiger partial charge on any atom is -0.462 e. The Labute approximate surface area is 368 Å². The maximum absolute atomic E-state index is 13.1. The molecule has 60 heavy (non-hydrogen) atoms. The third-order valence-electron chi connectivity index (χ3n) is 10.1. The number of carbonyl (C=O) groups excluding carboxylic acids is 2. The van der Waals surface area contributed by atoms with Gasteiger partial charge in [-0.05, 0) is 96.3 Å². The van der Waals surface area contributed by atoms with Crippen LogP contribution in [0.3, 0.4) is 0 Å². The summed E-state index contributed by atoms with van der Waals surface area (Å²) >= 11 is 0. The molecule has 0 heterocycles. The summed E-state index contributed by atoms with van der Waals surface area (Å²) in [6, 6.07) is -0.734. The number of esters is 1. The quantitative estimate of drug-likeness (QED) is 0.0324. The molecular formula is C54H89NO5. The van der Waals surface area contributed by atoms with E-state index in [0.717, 1.165) is 96.3 Å². The second-order valence-corrected chi connectivity index (χ2v) is 15.7. The molecule has 3 N–H and O–H groups in total. The molecule has 0 radical (unpaired) electrons. The molecule has 0 saturated heterocycles. The highest BCUT2D eigenvalue weighted by Crippen LogP contribution is 2.16. The lowest BCUT2D eigenvalue weighted by molar-refractivity contribution is -0.150. The number of hydrogen-bond donors (Lipinski definition) is 3. The molecule has 3 atom stereocenters. The van der Waals surface area contributed by atoms with Gasteiger partial charge in [-0.3, -0.25) is 9.59 Å². The van der Waals surface area contributed by atoms with E-state index in [2.05, 4.69) is 129 Å². The van der Waals surface area contributed by atoms with Gasteiger partial charge in [0.15, 0.2) is 0 Å². The van der Waals surface area contributed by atoms with Crippen LogP contribution in [-0.2, 0) is 14.3 Å². The second-order valence-electron chi connectivity index (χ2n) is 15.7. The van der Waals surface area contributed by atoms with E-state index in [4.69, 9.17) is 4.74 Å². The Bertz CT molecular complexity index is 1250. The van der Waals surface area contributed by atoms with Gasteiger partial charge in [-0.15, -0.1) is 0 Å². The largest absolute Gasteiger partial charge is 0.462 e. The molecule has 0 spiro atoms. The Hall–Kier alpha value is -3.48. The molecule has 6 heteroatoms. The topological polar surface area (TPSA) is 95.9 Å². The first-order chi connectivity index (χ1) is 29.5. The van der Waals surface area contributed by atoms with Crippen LogP contribution in [0.1, 0.15) is 194 Å². The highest BCUT2D eigenvalue weighted by Gasteiger charge is 2.23. The van der Waals surface area contributed by atoms with Crippen molar-refractivity contribution >= 4 is 11.9 Å². The molecule has 1 amide bonds. The minimum atomic E-state index is -0.815. The van der Waals surface area contributed by atoms with Gasteiger partial charge >= 0.3 is 5.97 Å². The van der Waals surface area contributed by atoms with Gasteiger partial charge in [0.05, 0.1) is 25.2 Å². The zero-order chi connectivity index (χ0) is 43.8. The number of unbranched alkanes of at least 4 members (excludes halogenated alkanes) is 11. The summed E-state index contributed by atoms with van der Waals surface area (Å²) in [6.07, 6.45) is 63.0. The number of carbonyl (C=O) groups is 2. The van der Waals surface area contributed by atoms with Crippen LogP contribution in [-0.4, -0.2) is 46.9 Å². The lowest BCUT2D eigenvalue weighted by Crippen LogP contribution is -2.46. The summed E-state index contributed by atoms with van der Waals surface area (Å²) in [4.78, 5) is 26.0. The molecule has 0 aliphatic heterocycles. The lowest BCUT2D eigenvalue weighted by Gasteiger charge is -2.24. The molecule has 3 unspecified atom stereocenters. The van der Waals surface area contributed by atoms with Crippen molar-refractivity contribution in [2.75, 3.05) is 6.61 Å². The van der Waals surface area contributed by atoms with E-state index in [9.17, 15) is 19.8 Å². The van der Waals surface area contributed by atoms with Crippen LogP contribution in [0.5, 0.6) is 0 Å². The van der Waals surface area contributed by atoms with E-state index in [0.29, 0.717) is 19.3 Å². The number of rotatable bonds is 41. The average Bonchev–Trinajstić information content (AvgIpc) is 3.24. The molecular weight excluding hydrogens is 743 g/mol. The van der Waals surface area contributed by atoms with Gasteiger partial charge in [0, 0.05) is 6.42 Å². The summed E-state index contributed by atoms with van der Waals surface area (Å²) < 4.78 is 5.85. The van der Waals surface area contributed by atoms with Crippen molar-refractivity contribution in [1.82, 2.24) is 5.32 Å². The number of hydrogen-bond acceptors (Lipinski definition) is 5. The molecule has 0 rings (SSSR count). The zero-order valence-electron chi connectivity index (χ0n) is 38.5. The highest BCUT2D eigenvalue weighted by molar-refractivity contribution is 5.77. The van der Waals surface area contributed by atoms with Crippen molar-refractivity contribution in [3.05, 3.63) is 109 Å². The van der Waals surface area contributed by atoms with E-state index >= 15 is 0 Å². The fourth-order valence-corrected chi connectivity index (χ4v) is 6.53. The van der Waals surface area contributed by atoms with Gasteiger partial charge in [0.1, 0.15) is 6.10 Å². The lowest BCUT2D eigenvalue weighted by atomic mass is 10.0. The normalized spacial score (nSPS) is 14.3. The molecule has 0 fully saturated rings. The Morgan fingerprint density at radius 3 is 1.35 bits per heavy atom. The standard InChI is InChI=1S/C54H89NO5/c1-4-7-10-13-16-19-22-24-25-26-27-28-29-30-32-35-38-41-44-47-54(59)60-50(45-42-39-36-33-31-23-20-17-14-11-8-5-2)48-53(58)55-51(49-56)52(57)46-43-40-37-34-21-18-15-12-9-6-3/h7-8,10-11,16-17,19-20,24-25,27-28,30-33,38,41,50-52,56-57H,4-6,9,12-15,18,21-23,26,29,34-37,39-40,42-49H2,1-3H3,(H,55,58)/b10-7-,11-8+,19-16-,20-17+,25-24-,28-27-,32-30-,33-31+,41-38-. The van der Waals surface area contributed by atoms with Crippen LogP contribution in [0.2, 0.25) is 0 Å². The fourth-order valence-electron chi connectivity index (χ4n) is 6.53. The maximum atomic E-state index is 13.1. The predicted octanol–water partition coefficient (Wildman–Crippen LogP) is 14.3. The van der Waals surface area contributed by atoms with Crippen molar-refractivity contribution in [3.8, 4) is 0 Å². The zero-order valence-corrected chi connectivity index (χ0v) is 38.5. The molecule has 0 bridgehead atoms. The van der Waals surface area contributed by atoms with Crippen molar-refractivity contribution in [2.24, 2.45) is 0 Å². The summed E-state index contributed by atoms with van der Waals surface area (Å²) in [6.45, 7) is 6.19. The highest BCUT2D eigenvalue weighted by atomic mass is 16.5. The minimum absolute atomic E-state index is 0.0141. The number of allylic oxidation sites excluding steroid dienone is 18. The first-order valence-electron chi connectivity index (χ1n) is 24.1. The van der Waals surface area contributed by atoms with Crippen LogP contribution < -0.4 is 5.32 Å².